The Labute approximate surface area is 189 Å². The minimum Gasteiger partial charge on any atom is -0.379 e. The molecule has 1 aromatic carbocycles. The van der Waals surface area contributed by atoms with Gasteiger partial charge < -0.3 is 19.9 Å². The summed E-state index contributed by atoms with van der Waals surface area (Å²) >= 11 is 0. The van der Waals surface area contributed by atoms with E-state index in [2.05, 4.69) is 25.7 Å². The highest BCUT2D eigenvalue weighted by Gasteiger charge is 2.50. The van der Waals surface area contributed by atoms with E-state index in [0.717, 1.165) is 70.6 Å². The van der Waals surface area contributed by atoms with Crippen molar-refractivity contribution in [1.29, 1.82) is 0 Å². The van der Waals surface area contributed by atoms with Crippen LogP contribution in [0.25, 0.3) is 11.4 Å². The quantitative estimate of drug-likeness (QED) is 0.710. The molecular formula is C24H33N5O3. The average Bonchev–Trinajstić information content (AvgIpc) is 3.33. The molecule has 1 amide bonds. The molecule has 3 heterocycles. The van der Waals surface area contributed by atoms with Gasteiger partial charge in [-0.1, -0.05) is 35.5 Å². The Bertz CT molecular complexity index is 898. The number of rotatable bonds is 6. The van der Waals surface area contributed by atoms with Gasteiger partial charge in [0.15, 0.2) is 0 Å². The van der Waals surface area contributed by atoms with Crippen LogP contribution in [0.15, 0.2) is 34.9 Å². The molecule has 5 rings (SSSR count). The molecule has 8 heteroatoms. The van der Waals surface area contributed by atoms with Crippen LogP contribution in [-0.2, 0) is 16.0 Å². The van der Waals surface area contributed by atoms with Crippen LogP contribution >= 0.6 is 0 Å². The first-order valence-electron chi connectivity index (χ1n) is 11.9. The molecule has 0 radical (unpaired) electrons. The topological polar surface area (TPSA) is 92.5 Å². The number of hydrogen-bond acceptors (Lipinski definition) is 7. The minimum atomic E-state index is -0.301. The number of ether oxygens (including phenoxy) is 1. The second kappa shape index (κ2) is 9.68. The number of nitrogens with zero attached hydrogens (tertiary/aromatic N) is 3. The first-order chi connectivity index (χ1) is 15.7. The molecule has 2 saturated heterocycles. The summed E-state index contributed by atoms with van der Waals surface area (Å²) in [5, 5.41) is 10.8. The number of amides is 1. The van der Waals surface area contributed by atoms with E-state index in [0.29, 0.717) is 36.6 Å². The van der Waals surface area contributed by atoms with Crippen LogP contribution in [0.5, 0.6) is 0 Å². The van der Waals surface area contributed by atoms with Crippen molar-refractivity contribution in [3.05, 3.63) is 36.2 Å². The number of carbonyl (C=O) groups is 1. The summed E-state index contributed by atoms with van der Waals surface area (Å²) in [6.07, 6.45) is 4.74. The summed E-state index contributed by atoms with van der Waals surface area (Å²) in [7, 11) is 0. The number of nitrogens with one attached hydrogen (secondary N) is 2. The molecule has 3 atom stereocenters. The fourth-order valence-corrected chi connectivity index (χ4v) is 5.69. The van der Waals surface area contributed by atoms with Gasteiger partial charge in [0.1, 0.15) is 0 Å². The molecule has 8 nitrogen and oxygen atoms in total. The molecule has 1 aliphatic carbocycles. The third-order valence-corrected chi connectivity index (χ3v) is 7.51. The fourth-order valence-electron chi connectivity index (χ4n) is 5.69. The summed E-state index contributed by atoms with van der Waals surface area (Å²) < 4.78 is 10.9. The van der Waals surface area contributed by atoms with Crippen LogP contribution in [0.4, 0.5) is 0 Å². The summed E-state index contributed by atoms with van der Waals surface area (Å²) in [5.41, 5.74) is 0.629. The van der Waals surface area contributed by atoms with E-state index in [-0.39, 0.29) is 11.3 Å². The number of morpholine rings is 1. The Morgan fingerprint density at radius 3 is 2.91 bits per heavy atom. The first-order valence-corrected chi connectivity index (χ1v) is 11.9. The van der Waals surface area contributed by atoms with Crippen LogP contribution in [0.3, 0.4) is 0 Å². The Morgan fingerprint density at radius 1 is 1.22 bits per heavy atom. The highest BCUT2D eigenvalue weighted by molar-refractivity contribution is 5.83. The molecule has 3 aliphatic rings. The van der Waals surface area contributed by atoms with Crippen molar-refractivity contribution in [2.45, 2.75) is 38.1 Å². The normalized spacial score (nSPS) is 28.8. The maximum atomic E-state index is 13.4. The van der Waals surface area contributed by atoms with Gasteiger partial charge in [0, 0.05) is 44.2 Å². The van der Waals surface area contributed by atoms with Crippen LogP contribution < -0.4 is 10.6 Å². The lowest BCUT2D eigenvalue weighted by Crippen LogP contribution is -2.60. The lowest BCUT2D eigenvalue weighted by molar-refractivity contribution is -0.140. The second-order valence-electron chi connectivity index (χ2n) is 9.28. The molecule has 0 unspecified atom stereocenters. The molecule has 2 aromatic rings. The third-order valence-electron chi connectivity index (χ3n) is 7.51. The lowest BCUT2D eigenvalue weighted by Gasteiger charge is -2.50. The molecule has 2 aliphatic heterocycles. The largest absolute Gasteiger partial charge is 0.379 e. The predicted molar refractivity (Wildman–Crippen MR) is 120 cm³/mol. The zero-order chi connectivity index (χ0) is 21.8. The molecule has 0 bridgehead atoms. The number of hydrogen-bond donors (Lipinski definition) is 2. The van der Waals surface area contributed by atoms with Crippen LogP contribution in [0, 0.1) is 11.3 Å². The highest BCUT2D eigenvalue weighted by atomic mass is 16.5. The number of benzene rings is 1. The van der Waals surface area contributed by atoms with E-state index in [9.17, 15) is 4.79 Å². The van der Waals surface area contributed by atoms with E-state index in [1.165, 1.54) is 0 Å². The molecule has 2 N–H and O–H groups in total. The fraction of sp³-hybridized carbons (Fsp3) is 0.625. The van der Waals surface area contributed by atoms with E-state index in [1.807, 2.05) is 30.3 Å². The highest BCUT2D eigenvalue weighted by Crippen LogP contribution is 2.46. The van der Waals surface area contributed by atoms with Crippen LogP contribution in [-0.4, -0.2) is 72.9 Å². The molecule has 1 aromatic heterocycles. The van der Waals surface area contributed by atoms with Gasteiger partial charge in [-0.15, -0.1) is 0 Å². The van der Waals surface area contributed by atoms with Gasteiger partial charge >= 0.3 is 0 Å². The van der Waals surface area contributed by atoms with Crippen molar-refractivity contribution in [2.24, 2.45) is 11.3 Å². The minimum absolute atomic E-state index is 0.179. The maximum absolute atomic E-state index is 13.4. The predicted octanol–water partition coefficient (Wildman–Crippen LogP) is 1.88. The number of piperidine rings is 1. The van der Waals surface area contributed by atoms with Crippen molar-refractivity contribution >= 4 is 5.91 Å². The number of fused-ring (bicyclic) bond motifs is 1. The molecular weight excluding hydrogens is 406 g/mol. The van der Waals surface area contributed by atoms with Gasteiger partial charge in [-0.25, -0.2) is 0 Å². The van der Waals surface area contributed by atoms with Crippen molar-refractivity contribution in [3.8, 4) is 11.4 Å². The van der Waals surface area contributed by atoms with Crippen molar-refractivity contribution in [2.75, 3.05) is 45.9 Å². The monoisotopic (exact) mass is 439 g/mol. The molecule has 1 saturated carbocycles. The van der Waals surface area contributed by atoms with Gasteiger partial charge in [-0.05, 0) is 38.1 Å². The molecule has 3 fully saturated rings. The zero-order valence-corrected chi connectivity index (χ0v) is 18.6. The van der Waals surface area contributed by atoms with E-state index in [1.54, 1.807) is 0 Å². The Balaban J connectivity index is 1.17. The van der Waals surface area contributed by atoms with Crippen LogP contribution in [0.1, 0.15) is 31.6 Å². The van der Waals surface area contributed by atoms with Gasteiger partial charge in [0.25, 0.3) is 0 Å². The van der Waals surface area contributed by atoms with Gasteiger partial charge in [0.2, 0.25) is 17.6 Å². The molecule has 0 spiro atoms. The molecule has 172 valence electrons. The summed E-state index contributed by atoms with van der Waals surface area (Å²) in [5.74, 6) is 1.75. The Morgan fingerprint density at radius 2 is 2.06 bits per heavy atom. The first kappa shape index (κ1) is 21.6. The Kier molecular flexibility index (Phi) is 6.52. The zero-order valence-electron chi connectivity index (χ0n) is 18.6. The van der Waals surface area contributed by atoms with E-state index >= 15 is 0 Å². The van der Waals surface area contributed by atoms with Crippen molar-refractivity contribution in [3.63, 3.8) is 0 Å². The van der Waals surface area contributed by atoms with Gasteiger partial charge in [0.05, 0.1) is 18.6 Å². The standard InChI is InChI=1S/C24H33N5O3/c30-23(26-11-8-21-27-22(28-32-21)18-4-2-1-3-5-18)24-9-6-20(29-12-14-31-15-13-29)16-19(24)7-10-25-17-24/h1-5,19-20,25H,6-17H2,(H,26,30)/t19-,20-,24-/m1/s1. The SMILES string of the molecule is O=C(NCCc1nc(-c2ccccc2)no1)[C@@]12CC[C@@H](N3CCOCC3)C[C@H]1CCNC2. The maximum Gasteiger partial charge on any atom is 0.228 e. The van der Waals surface area contributed by atoms with E-state index < -0.39 is 0 Å². The summed E-state index contributed by atoms with van der Waals surface area (Å²) in [6, 6.07) is 10.4. The van der Waals surface area contributed by atoms with Crippen molar-refractivity contribution < 1.29 is 14.1 Å². The third kappa shape index (κ3) is 4.44. The number of aromatic nitrogens is 2. The second-order valence-corrected chi connectivity index (χ2v) is 9.28. The van der Waals surface area contributed by atoms with Crippen LogP contribution in [0.2, 0.25) is 0 Å². The Hall–Kier alpha value is -2.29. The van der Waals surface area contributed by atoms with Gasteiger partial charge in [-0.3, -0.25) is 9.69 Å². The average molecular weight is 440 g/mol. The van der Waals surface area contributed by atoms with E-state index in [4.69, 9.17) is 9.26 Å². The summed E-state index contributed by atoms with van der Waals surface area (Å²) in [6.45, 7) is 5.98. The van der Waals surface area contributed by atoms with Gasteiger partial charge in [-0.2, -0.15) is 4.98 Å². The smallest absolute Gasteiger partial charge is 0.228 e. The van der Waals surface area contributed by atoms with Crippen molar-refractivity contribution in [1.82, 2.24) is 25.7 Å². The number of carbonyl (C=O) groups excluding carboxylic acids is 1. The lowest BCUT2D eigenvalue weighted by atomic mass is 9.61. The molecule has 32 heavy (non-hydrogen) atoms. The summed E-state index contributed by atoms with van der Waals surface area (Å²) in [4.78, 5) is 20.5.